The van der Waals surface area contributed by atoms with Crippen LogP contribution in [0.1, 0.15) is 37.3 Å². The molecule has 1 fully saturated rings. The number of halogens is 3. The minimum atomic E-state index is -4.21. The fraction of sp³-hybridized carbons (Fsp3) is 0.381. The third-order valence-corrected chi connectivity index (χ3v) is 3.80. The first-order valence-corrected chi connectivity index (χ1v) is 8.87. The van der Waals surface area contributed by atoms with Gasteiger partial charge in [-0.2, -0.15) is 13.2 Å². The molecule has 0 aliphatic carbocycles. The summed E-state index contributed by atoms with van der Waals surface area (Å²) in [6.07, 6.45) is -0.0216. The molecule has 3 nitrogen and oxygen atoms in total. The highest BCUT2D eigenvalue weighted by Gasteiger charge is 2.29. The molecule has 0 aromatic heterocycles. The summed E-state index contributed by atoms with van der Waals surface area (Å²) in [5.41, 5.74) is 0.847. The highest BCUT2D eigenvalue weighted by molar-refractivity contribution is 5.62. The lowest BCUT2D eigenvalue weighted by molar-refractivity contribution is -0.137. The Bertz CT molecular complexity index is 635. The van der Waals surface area contributed by atoms with Gasteiger partial charge in [0.1, 0.15) is 0 Å². The smallest absolute Gasteiger partial charge is 0.416 e. The normalized spacial score (nSPS) is 14.2. The van der Waals surface area contributed by atoms with E-state index < -0.39 is 17.7 Å². The molecule has 1 saturated heterocycles. The Morgan fingerprint density at radius 1 is 0.926 bits per heavy atom. The molecule has 0 amide bonds. The van der Waals surface area contributed by atoms with Crippen LogP contribution < -0.4 is 0 Å². The molecule has 0 unspecified atom stereocenters. The Balaban J connectivity index is 0.000000232. The van der Waals surface area contributed by atoms with Gasteiger partial charge in [0.2, 0.25) is 0 Å². The molecule has 1 heterocycles. The molecule has 1 N–H and O–H groups in total. The number of nitrogens with zero attached hydrogens (tertiary/aromatic N) is 1. The van der Waals surface area contributed by atoms with Crippen molar-refractivity contribution in [2.24, 2.45) is 0 Å². The number of aliphatic carboxylic acids is 1. The van der Waals surface area contributed by atoms with Crippen molar-refractivity contribution in [3.63, 3.8) is 0 Å². The minimum absolute atomic E-state index is 0.602. The first-order chi connectivity index (χ1) is 12.8. The molecule has 2 aromatic rings. The van der Waals surface area contributed by atoms with Crippen LogP contribution in [0.5, 0.6) is 0 Å². The van der Waals surface area contributed by atoms with Crippen molar-refractivity contribution in [2.75, 3.05) is 13.1 Å². The second-order valence-corrected chi connectivity index (χ2v) is 6.21. The largest absolute Gasteiger partial charge is 0.481 e. The van der Waals surface area contributed by atoms with Gasteiger partial charge in [-0.15, -0.1) is 0 Å². The Kier molecular flexibility index (Phi) is 10.2. The van der Waals surface area contributed by atoms with Crippen molar-refractivity contribution in [2.45, 2.75) is 38.9 Å². The van der Waals surface area contributed by atoms with Crippen molar-refractivity contribution in [3.8, 4) is 0 Å². The van der Waals surface area contributed by atoms with Crippen LogP contribution in [0.3, 0.4) is 0 Å². The maximum Gasteiger partial charge on any atom is 0.416 e. The van der Waals surface area contributed by atoms with E-state index in [0.717, 1.165) is 25.6 Å². The highest BCUT2D eigenvalue weighted by Crippen LogP contribution is 2.28. The SMILES string of the molecule is CC(=O)O.FC(F)(F)c1ccccc1.c1ccc(CN2CCCCC2)cc1. The number of benzene rings is 2. The molecule has 3 rings (SSSR count). The summed E-state index contributed by atoms with van der Waals surface area (Å²) < 4.78 is 35.4. The Morgan fingerprint density at radius 2 is 1.37 bits per heavy atom. The topological polar surface area (TPSA) is 40.5 Å². The van der Waals surface area contributed by atoms with E-state index in [4.69, 9.17) is 9.90 Å². The lowest BCUT2D eigenvalue weighted by Gasteiger charge is -2.26. The monoisotopic (exact) mass is 381 g/mol. The van der Waals surface area contributed by atoms with Crippen LogP contribution in [-0.2, 0) is 17.5 Å². The lowest BCUT2D eigenvalue weighted by atomic mass is 10.1. The van der Waals surface area contributed by atoms with E-state index in [-0.39, 0.29) is 0 Å². The molecule has 0 saturated carbocycles. The number of carbonyl (C=O) groups is 1. The second kappa shape index (κ2) is 12.1. The van der Waals surface area contributed by atoms with Crippen molar-refractivity contribution >= 4 is 5.97 Å². The first kappa shape index (κ1) is 22.7. The van der Waals surface area contributed by atoms with Gasteiger partial charge in [-0.25, -0.2) is 0 Å². The van der Waals surface area contributed by atoms with Gasteiger partial charge in [0.25, 0.3) is 5.97 Å². The molecular formula is C21H26F3NO2. The number of hydrogen-bond donors (Lipinski definition) is 1. The van der Waals surface area contributed by atoms with Crippen LogP contribution in [0.2, 0.25) is 0 Å². The number of piperidine rings is 1. The average Bonchev–Trinajstić information content (AvgIpc) is 2.64. The first-order valence-electron chi connectivity index (χ1n) is 8.87. The van der Waals surface area contributed by atoms with Gasteiger partial charge >= 0.3 is 6.18 Å². The number of carboxylic acids is 1. The quantitative estimate of drug-likeness (QED) is 0.750. The third-order valence-electron chi connectivity index (χ3n) is 3.80. The van der Waals surface area contributed by atoms with Gasteiger partial charge in [-0.1, -0.05) is 67.1 Å². The second-order valence-electron chi connectivity index (χ2n) is 6.21. The summed E-state index contributed by atoms with van der Waals surface area (Å²) in [4.78, 5) is 11.6. The number of rotatable bonds is 2. The minimum Gasteiger partial charge on any atom is -0.481 e. The molecule has 27 heavy (non-hydrogen) atoms. The molecule has 1 aliphatic heterocycles. The maximum absolute atomic E-state index is 11.8. The predicted octanol–water partition coefficient (Wildman–Crippen LogP) is 5.47. The molecule has 1 aliphatic rings. The molecule has 148 valence electrons. The van der Waals surface area contributed by atoms with Crippen LogP contribution in [0.15, 0.2) is 60.7 Å². The van der Waals surface area contributed by atoms with Crippen molar-refractivity contribution < 1.29 is 23.1 Å². The molecule has 0 spiro atoms. The van der Waals surface area contributed by atoms with Crippen molar-refractivity contribution in [1.29, 1.82) is 0 Å². The van der Waals surface area contributed by atoms with E-state index in [2.05, 4.69) is 35.2 Å². The Hall–Kier alpha value is -2.34. The molecule has 0 atom stereocenters. The van der Waals surface area contributed by atoms with Crippen LogP contribution in [0.4, 0.5) is 13.2 Å². The van der Waals surface area contributed by atoms with Gasteiger partial charge in [0, 0.05) is 13.5 Å². The summed E-state index contributed by atoms with van der Waals surface area (Å²) >= 11 is 0. The van der Waals surface area contributed by atoms with Gasteiger partial charge in [0.05, 0.1) is 5.56 Å². The summed E-state index contributed by atoms with van der Waals surface area (Å²) in [6.45, 7) is 4.80. The summed E-state index contributed by atoms with van der Waals surface area (Å²) in [7, 11) is 0. The fourth-order valence-corrected chi connectivity index (χ4v) is 2.59. The molecule has 6 heteroatoms. The summed E-state index contributed by atoms with van der Waals surface area (Å²) in [5, 5.41) is 7.42. The zero-order valence-corrected chi connectivity index (χ0v) is 15.5. The zero-order valence-electron chi connectivity index (χ0n) is 15.5. The van der Waals surface area contributed by atoms with Gasteiger partial charge < -0.3 is 5.11 Å². The van der Waals surface area contributed by atoms with Crippen molar-refractivity contribution in [3.05, 3.63) is 71.8 Å². The maximum atomic E-state index is 11.8. The molecular weight excluding hydrogens is 355 g/mol. The predicted molar refractivity (Wildman–Crippen MR) is 100 cm³/mol. The number of carboxylic acid groups (broad SMARTS) is 1. The third kappa shape index (κ3) is 11.1. The Morgan fingerprint density at radius 3 is 1.78 bits per heavy atom. The molecule has 2 aromatic carbocycles. The number of alkyl halides is 3. The Labute approximate surface area is 158 Å². The molecule has 0 bridgehead atoms. The highest BCUT2D eigenvalue weighted by atomic mass is 19.4. The summed E-state index contributed by atoms with van der Waals surface area (Å²) in [6, 6.07) is 17.1. The van der Waals surface area contributed by atoms with E-state index in [9.17, 15) is 13.2 Å². The fourth-order valence-electron chi connectivity index (χ4n) is 2.59. The lowest BCUT2D eigenvalue weighted by Crippen LogP contribution is -2.28. The van der Waals surface area contributed by atoms with E-state index in [1.807, 2.05) is 0 Å². The van der Waals surface area contributed by atoms with E-state index in [1.54, 1.807) is 6.07 Å². The van der Waals surface area contributed by atoms with Gasteiger partial charge in [-0.3, -0.25) is 9.69 Å². The average molecular weight is 381 g/mol. The molecule has 0 radical (unpaired) electrons. The number of hydrogen-bond acceptors (Lipinski definition) is 2. The zero-order chi connectivity index (χ0) is 20.1. The summed E-state index contributed by atoms with van der Waals surface area (Å²) in [5.74, 6) is -0.833. The van der Waals surface area contributed by atoms with Crippen molar-refractivity contribution in [1.82, 2.24) is 4.90 Å². The van der Waals surface area contributed by atoms with E-state index >= 15 is 0 Å². The van der Waals surface area contributed by atoms with E-state index in [1.165, 1.54) is 50.0 Å². The number of likely N-dealkylation sites (tertiary alicyclic amines) is 1. The van der Waals surface area contributed by atoms with E-state index in [0.29, 0.717) is 0 Å². The standard InChI is InChI=1S/C12H17N.C7H5F3.C2H4O2/c1-3-7-12(8-4-1)11-13-9-5-2-6-10-13;8-7(9,10)6-4-2-1-3-5-6;1-2(3)4/h1,3-4,7-8H,2,5-6,9-11H2;1-5H;1H3,(H,3,4). The van der Waals surface area contributed by atoms with Crippen LogP contribution in [-0.4, -0.2) is 29.1 Å². The van der Waals surface area contributed by atoms with Gasteiger partial charge in [-0.05, 0) is 31.5 Å². The van der Waals surface area contributed by atoms with Crippen LogP contribution in [0.25, 0.3) is 0 Å². The van der Waals surface area contributed by atoms with Crippen LogP contribution >= 0.6 is 0 Å². The van der Waals surface area contributed by atoms with Gasteiger partial charge in [0.15, 0.2) is 0 Å². The van der Waals surface area contributed by atoms with Crippen LogP contribution in [0, 0.1) is 0 Å².